The van der Waals surface area contributed by atoms with E-state index in [1.807, 2.05) is 31.2 Å². The second kappa shape index (κ2) is 6.53. The molecule has 0 aliphatic carbocycles. The first-order valence-electron chi connectivity index (χ1n) is 6.41. The summed E-state index contributed by atoms with van der Waals surface area (Å²) in [5.74, 6) is 0.639. The lowest BCUT2D eigenvalue weighted by Gasteiger charge is -2.12. The number of oxime groups is 1. The highest BCUT2D eigenvalue weighted by Gasteiger charge is 2.08. The van der Waals surface area contributed by atoms with Crippen molar-refractivity contribution >= 4 is 5.71 Å². The Hall–Kier alpha value is -2.87. The van der Waals surface area contributed by atoms with Crippen LogP contribution in [0.3, 0.4) is 0 Å². The van der Waals surface area contributed by atoms with E-state index < -0.39 is 0 Å². The number of rotatable bonds is 4. The van der Waals surface area contributed by atoms with E-state index in [1.165, 1.54) is 0 Å². The van der Waals surface area contributed by atoms with Crippen LogP contribution in [0.25, 0.3) is 0 Å². The Labute approximate surface area is 123 Å². The topological polar surface area (TPSA) is 78.5 Å². The minimum Gasteiger partial charge on any atom is -0.488 e. The molecule has 1 aromatic carbocycles. The van der Waals surface area contributed by atoms with Crippen molar-refractivity contribution in [3.05, 3.63) is 58.9 Å². The van der Waals surface area contributed by atoms with Gasteiger partial charge in [-0.3, -0.25) is 0 Å². The predicted molar refractivity (Wildman–Crippen MR) is 78.5 cm³/mol. The quantitative estimate of drug-likeness (QED) is 0.530. The van der Waals surface area contributed by atoms with Crippen molar-refractivity contribution in [1.29, 1.82) is 5.26 Å². The van der Waals surface area contributed by atoms with Gasteiger partial charge in [0.15, 0.2) is 0 Å². The van der Waals surface area contributed by atoms with Crippen LogP contribution < -0.4 is 4.74 Å². The van der Waals surface area contributed by atoms with Gasteiger partial charge in [-0.2, -0.15) is 5.26 Å². The number of hydrogen-bond donors (Lipinski definition) is 1. The Balaban J connectivity index is 2.23. The molecule has 106 valence electrons. The number of aryl methyl sites for hydroxylation is 1. The van der Waals surface area contributed by atoms with Crippen molar-refractivity contribution in [1.82, 2.24) is 4.98 Å². The molecule has 2 rings (SSSR count). The predicted octanol–water partition coefficient (Wildman–Crippen LogP) is 3.04. The highest BCUT2D eigenvalue weighted by atomic mass is 16.5. The van der Waals surface area contributed by atoms with Gasteiger partial charge in [0.05, 0.1) is 5.71 Å². The van der Waals surface area contributed by atoms with Gasteiger partial charge in [-0.1, -0.05) is 11.2 Å². The lowest BCUT2D eigenvalue weighted by atomic mass is 10.1. The van der Waals surface area contributed by atoms with Gasteiger partial charge in [0.25, 0.3) is 0 Å². The molecule has 0 saturated heterocycles. The highest BCUT2D eigenvalue weighted by Crippen LogP contribution is 2.22. The van der Waals surface area contributed by atoms with Crippen molar-refractivity contribution in [2.75, 3.05) is 0 Å². The Bertz CT molecular complexity index is 718. The smallest absolute Gasteiger partial charge is 0.140 e. The number of ether oxygens (including phenoxy) is 1. The zero-order valence-electron chi connectivity index (χ0n) is 11.9. The van der Waals surface area contributed by atoms with Crippen LogP contribution in [0, 0.1) is 18.3 Å². The van der Waals surface area contributed by atoms with Crippen molar-refractivity contribution in [2.24, 2.45) is 5.16 Å². The van der Waals surface area contributed by atoms with Gasteiger partial charge in [0.1, 0.15) is 24.1 Å². The molecule has 21 heavy (non-hydrogen) atoms. The molecular formula is C16H15N3O2. The van der Waals surface area contributed by atoms with Crippen LogP contribution in [0.15, 0.2) is 41.7 Å². The maximum absolute atomic E-state index is 8.92. The molecule has 0 radical (unpaired) electrons. The summed E-state index contributed by atoms with van der Waals surface area (Å²) in [5.41, 5.74) is 3.48. The monoisotopic (exact) mass is 281 g/mol. The Kier molecular flexibility index (Phi) is 4.52. The third kappa shape index (κ3) is 3.57. The number of nitriles is 1. The molecule has 0 unspecified atom stereocenters. The van der Waals surface area contributed by atoms with Crippen molar-refractivity contribution in [2.45, 2.75) is 20.5 Å². The summed E-state index contributed by atoms with van der Waals surface area (Å²) in [7, 11) is 0. The van der Waals surface area contributed by atoms with Crippen LogP contribution in [0.2, 0.25) is 0 Å². The standard InChI is InChI=1S/C16H15N3O2/c1-11-3-4-15(12(2)19-20)16(7-11)21-10-13-5-6-18-14(8-13)9-17/h3-8,20H,10H2,1-2H3. The minimum atomic E-state index is 0.312. The van der Waals surface area contributed by atoms with E-state index in [1.54, 1.807) is 25.3 Å². The van der Waals surface area contributed by atoms with E-state index in [4.69, 9.17) is 15.2 Å². The maximum Gasteiger partial charge on any atom is 0.140 e. The fourth-order valence-electron chi connectivity index (χ4n) is 1.89. The van der Waals surface area contributed by atoms with Crippen molar-refractivity contribution in [3.63, 3.8) is 0 Å². The van der Waals surface area contributed by atoms with Gasteiger partial charge in [-0.25, -0.2) is 4.98 Å². The van der Waals surface area contributed by atoms with Crippen LogP contribution in [0.5, 0.6) is 5.75 Å². The van der Waals surface area contributed by atoms with Gasteiger partial charge in [-0.05, 0) is 49.2 Å². The van der Waals surface area contributed by atoms with Crippen LogP contribution in [0.4, 0.5) is 0 Å². The molecule has 0 bridgehead atoms. The lowest BCUT2D eigenvalue weighted by molar-refractivity contribution is 0.303. The van der Waals surface area contributed by atoms with E-state index in [9.17, 15) is 0 Å². The first-order chi connectivity index (χ1) is 10.1. The fraction of sp³-hybridized carbons (Fsp3) is 0.188. The van der Waals surface area contributed by atoms with E-state index in [2.05, 4.69) is 10.1 Å². The summed E-state index contributed by atoms with van der Waals surface area (Å²) in [6.45, 7) is 3.98. The Morgan fingerprint density at radius 3 is 2.90 bits per heavy atom. The first kappa shape index (κ1) is 14.5. The molecule has 1 N–H and O–H groups in total. The van der Waals surface area contributed by atoms with E-state index in [-0.39, 0.29) is 0 Å². The molecule has 0 atom stereocenters. The zero-order valence-corrected chi connectivity index (χ0v) is 11.9. The molecule has 5 nitrogen and oxygen atoms in total. The number of benzene rings is 1. The summed E-state index contributed by atoms with van der Waals surface area (Å²) in [6, 6.07) is 11.1. The van der Waals surface area contributed by atoms with Crippen LogP contribution in [0.1, 0.15) is 29.3 Å². The van der Waals surface area contributed by atoms with Gasteiger partial charge in [0, 0.05) is 11.8 Å². The van der Waals surface area contributed by atoms with E-state index in [0.717, 1.165) is 16.7 Å². The zero-order chi connectivity index (χ0) is 15.2. The molecule has 1 aromatic heterocycles. The average Bonchev–Trinajstić information content (AvgIpc) is 2.52. The van der Waals surface area contributed by atoms with Crippen LogP contribution in [-0.2, 0) is 6.61 Å². The maximum atomic E-state index is 8.92. The molecule has 0 saturated carbocycles. The summed E-state index contributed by atoms with van der Waals surface area (Å²) in [6.07, 6.45) is 1.58. The first-order valence-corrected chi connectivity index (χ1v) is 6.41. The molecule has 1 heterocycles. The number of hydrogen-bond acceptors (Lipinski definition) is 5. The van der Waals surface area contributed by atoms with E-state index in [0.29, 0.717) is 23.8 Å². The second-order valence-electron chi connectivity index (χ2n) is 4.63. The van der Waals surface area contributed by atoms with Crippen molar-refractivity contribution in [3.8, 4) is 11.8 Å². The summed E-state index contributed by atoms with van der Waals surface area (Å²) < 4.78 is 5.80. The lowest BCUT2D eigenvalue weighted by Crippen LogP contribution is -2.03. The van der Waals surface area contributed by atoms with Gasteiger partial charge < -0.3 is 9.94 Å². The second-order valence-corrected chi connectivity index (χ2v) is 4.63. The van der Waals surface area contributed by atoms with Gasteiger partial charge in [-0.15, -0.1) is 0 Å². The minimum absolute atomic E-state index is 0.312. The SMILES string of the molecule is CC(=NO)c1ccc(C)cc1OCc1ccnc(C#N)c1. The third-order valence-electron chi connectivity index (χ3n) is 3.01. The number of pyridine rings is 1. The Morgan fingerprint density at radius 2 is 2.19 bits per heavy atom. The number of aromatic nitrogens is 1. The normalized spacial score (nSPS) is 11.0. The van der Waals surface area contributed by atoms with Gasteiger partial charge >= 0.3 is 0 Å². The summed E-state index contributed by atoms with van der Waals surface area (Å²) in [5, 5.41) is 21.0. The molecule has 0 amide bonds. The van der Waals surface area contributed by atoms with Crippen LogP contribution >= 0.6 is 0 Å². The molecule has 0 aliphatic rings. The molecule has 0 spiro atoms. The number of nitrogens with zero attached hydrogens (tertiary/aromatic N) is 3. The van der Waals surface area contributed by atoms with Crippen molar-refractivity contribution < 1.29 is 9.94 Å². The molecule has 0 aliphatic heterocycles. The average molecular weight is 281 g/mol. The largest absolute Gasteiger partial charge is 0.488 e. The third-order valence-corrected chi connectivity index (χ3v) is 3.01. The van der Waals surface area contributed by atoms with Gasteiger partial charge in [0.2, 0.25) is 0 Å². The summed E-state index contributed by atoms with van der Waals surface area (Å²) in [4.78, 5) is 3.92. The molecule has 5 heteroatoms. The Morgan fingerprint density at radius 1 is 1.38 bits per heavy atom. The van der Waals surface area contributed by atoms with E-state index >= 15 is 0 Å². The van der Waals surface area contributed by atoms with Crippen LogP contribution in [-0.4, -0.2) is 15.9 Å². The highest BCUT2D eigenvalue weighted by molar-refractivity contribution is 6.00. The molecular weight excluding hydrogens is 266 g/mol. The molecule has 0 fully saturated rings. The molecule has 2 aromatic rings. The fourth-order valence-corrected chi connectivity index (χ4v) is 1.89. The summed E-state index contributed by atoms with van der Waals surface area (Å²) >= 11 is 0.